The van der Waals surface area contributed by atoms with Gasteiger partial charge in [0, 0.05) is 22.7 Å². The molecule has 0 radical (unpaired) electrons. The first-order valence-electron chi connectivity index (χ1n) is 6.91. The highest BCUT2D eigenvalue weighted by molar-refractivity contribution is 9.10. The molecule has 2 nitrogen and oxygen atoms in total. The molecular weight excluding hydrogens is 331 g/mol. The van der Waals surface area contributed by atoms with Crippen LogP contribution in [0.1, 0.15) is 24.1 Å². The molecule has 0 spiro atoms. The van der Waals surface area contributed by atoms with Crippen LogP contribution in [-0.2, 0) is 6.54 Å². The fourth-order valence-corrected chi connectivity index (χ4v) is 3.00. The van der Waals surface area contributed by atoms with E-state index in [2.05, 4.69) is 59.3 Å². The van der Waals surface area contributed by atoms with Crippen LogP contribution in [0.4, 0.5) is 10.1 Å². The topological polar surface area (TPSA) is 15.3 Å². The minimum Gasteiger partial charge on any atom is -0.378 e. The molecule has 0 fully saturated rings. The molecule has 1 N–H and O–H groups in total. The van der Waals surface area contributed by atoms with Crippen molar-refractivity contribution < 1.29 is 4.39 Å². The van der Waals surface area contributed by atoms with E-state index in [1.165, 1.54) is 17.7 Å². The Balaban J connectivity index is 2.21. The standard InChI is InChI=1S/C17H20BrFN2/c1-12(15-9-8-14(19)10-16(15)18)20-17-7-5-4-6-13(17)11-21(2)3/h4-10,12,20H,11H2,1-3H3. The number of hydrogen-bond acceptors (Lipinski definition) is 2. The minimum atomic E-state index is -0.231. The molecule has 2 rings (SSSR count). The van der Waals surface area contributed by atoms with Crippen LogP contribution in [0.2, 0.25) is 0 Å². The molecule has 0 aliphatic rings. The molecule has 112 valence electrons. The first-order valence-corrected chi connectivity index (χ1v) is 7.71. The Hall–Kier alpha value is -1.39. The average molecular weight is 351 g/mol. The van der Waals surface area contributed by atoms with E-state index in [0.29, 0.717) is 0 Å². The van der Waals surface area contributed by atoms with E-state index < -0.39 is 0 Å². The first-order chi connectivity index (χ1) is 9.97. The van der Waals surface area contributed by atoms with Gasteiger partial charge in [-0.05, 0) is 50.3 Å². The van der Waals surface area contributed by atoms with Gasteiger partial charge in [0.1, 0.15) is 5.82 Å². The summed E-state index contributed by atoms with van der Waals surface area (Å²) >= 11 is 3.43. The van der Waals surface area contributed by atoms with Crippen molar-refractivity contribution in [1.29, 1.82) is 0 Å². The number of nitrogens with zero attached hydrogens (tertiary/aromatic N) is 1. The molecule has 0 aliphatic heterocycles. The summed E-state index contributed by atoms with van der Waals surface area (Å²) in [6, 6.07) is 13.1. The number of anilines is 1. The summed E-state index contributed by atoms with van der Waals surface area (Å²) in [5.74, 6) is -0.231. The largest absolute Gasteiger partial charge is 0.378 e. The summed E-state index contributed by atoms with van der Waals surface area (Å²) in [6.45, 7) is 2.95. The quantitative estimate of drug-likeness (QED) is 0.831. The molecule has 0 saturated carbocycles. The van der Waals surface area contributed by atoms with Gasteiger partial charge in [0.25, 0.3) is 0 Å². The van der Waals surface area contributed by atoms with Crippen molar-refractivity contribution >= 4 is 21.6 Å². The summed E-state index contributed by atoms with van der Waals surface area (Å²) in [5.41, 5.74) is 3.39. The summed E-state index contributed by atoms with van der Waals surface area (Å²) in [6.07, 6.45) is 0. The zero-order chi connectivity index (χ0) is 15.4. The van der Waals surface area contributed by atoms with Gasteiger partial charge in [-0.2, -0.15) is 0 Å². The number of hydrogen-bond donors (Lipinski definition) is 1. The van der Waals surface area contributed by atoms with Crippen molar-refractivity contribution in [1.82, 2.24) is 4.90 Å². The molecule has 21 heavy (non-hydrogen) atoms. The molecular formula is C17H20BrFN2. The van der Waals surface area contributed by atoms with E-state index in [1.54, 1.807) is 0 Å². The average Bonchev–Trinajstić information content (AvgIpc) is 2.40. The van der Waals surface area contributed by atoms with Crippen LogP contribution >= 0.6 is 15.9 Å². The van der Waals surface area contributed by atoms with Crippen LogP contribution in [0.15, 0.2) is 46.9 Å². The van der Waals surface area contributed by atoms with Crippen molar-refractivity contribution in [3.05, 3.63) is 63.9 Å². The van der Waals surface area contributed by atoms with Gasteiger partial charge in [-0.3, -0.25) is 0 Å². The van der Waals surface area contributed by atoms with E-state index >= 15 is 0 Å². The lowest BCUT2D eigenvalue weighted by Gasteiger charge is -2.21. The second kappa shape index (κ2) is 7.05. The second-order valence-electron chi connectivity index (χ2n) is 5.43. The van der Waals surface area contributed by atoms with E-state index in [4.69, 9.17) is 0 Å². The zero-order valence-corrected chi connectivity index (χ0v) is 14.1. The van der Waals surface area contributed by atoms with Gasteiger partial charge in [0.2, 0.25) is 0 Å². The highest BCUT2D eigenvalue weighted by Crippen LogP contribution is 2.28. The van der Waals surface area contributed by atoms with Crippen molar-refractivity contribution in [3.8, 4) is 0 Å². The van der Waals surface area contributed by atoms with Crippen LogP contribution in [0.3, 0.4) is 0 Å². The molecule has 1 unspecified atom stereocenters. The third-order valence-electron chi connectivity index (χ3n) is 3.30. The Labute approximate surface area is 134 Å². The Morgan fingerprint density at radius 3 is 2.57 bits per heavy atom. The molecule has 1 atom stereocenters. The molecule has 0 saturated heterocycles. The Bertz CT molecular complexity index is 613. The first kappa shape index (κ1) is 16.0. The van der Waals surface area contributed by atoms with Gasteiger partial charge in [0.15, 0.2) is 0 Å². The number of para-hydroxylation sites is 1. The number of rotatable bonds is 5. The lowest BCUT2D eigenvalue weighted by Crippen LogP contribution is -2.14. The minimum absolute atomic E-state index is 0.0864. The summed E-state index contributed by atoms with van der Waals surface area (Å²) in [5, 5.41) is 3.51. The maximum absolute atomic E-state index is 13.2. The lowest BCUT2D eigenvalue weighted by molar-refractivity contribution is 0.403. The SMILES string of the molecule is CC(Nc1ccccc1CN(C)C)c1ccc(F)cc1Br. The smallest absolute Gasteiger partial charge is 0.124 e. The fraction of sp³-hybridized carbons (Fsp3) is 0.294. The second-order valence-corrected chi connectivity index (χ2v) is 6.28. The zero-order valence-electron chi connectivity index (χ0n) is 12.5. The molecule has 2 aromatic rings. The van der Waals surface area contributed by atoms with Crippen LogP contribution in [0.25, 0.3) is 0 Å². The van der Waals surface area contributed by atoms with E-state index in [9.17, 15) is 4.39 Å². The third-order valence-corrected chi connectivity index (χ3v) is 3.99. The van der Waals surface area contributed by atoms with E-state index in [0.717, 1.165) is 22.3 Å². The molecule has 0 heterocycles. The van der Waals surface area contributed by atoms with Crippen molar-refractivity contribution in [2.75, 3.05) is 19.4 Å². The summed E-state index contributed by atoms with van der Waals surface area (Å²) in [4.78, 5) is 2.14. The highest BCUT2D eigenvalue weighted by Gasteiger charge is 2.12. The van der Waals surface area contributed by atoms with Crippen LogP contribution in [-0.4, -0.2) is 19.0 Å². The van der Waals surface area contributed by atoms with Crippen molar-refractivity contribution in [2.45, 2.75) is 19.5 Å². The van der Waals surface area contributed by atoms with Crippen LogP contribution in [0, 0.1) is 5.82 Å². The van der Waals surface area contributed by atoms with E-state index in [1.807, 2.05) is 18.2 Å². The third kappa shape index (κ3) is 4.29. The summed E-state index contributed by atoms with van der Waals surface area (Å²) in [7, 11) is 4.10. The maximum Gasteiger partial charge on any atom is 0.124 e. The van der Waals surface area contributed by atoms with Crippen LogP contribution < -0.4 is 5.32 Å². The van der Waals surface area contributed by atoms with Gasteiger partial charge in [-0.15, -0.1) is 0 Å². The fourth-order valence-electron chi connectivity index (χ4n) is 2.30. The van der Waals surface area contributed by atoms with Crippen molar-refractivity contribution in [2.24, 2.45) is 0 Å². The molecule has 0 aromatic heterocycles. The van der Waals surface area contributed by atoms with Gasteiger partial charge in [-0.25, -0.2) is 4.39 Å². The van der Waals surface area contributed by atoms with Gasteiger partial charge >= 0.3 is 0 Å². The molecule has 0 amide bonds. The monoisotopic (exact) mass is 350 g/mol. The predicted molar refractivity (Wildman–Crippen MR) is 90.0 cm³/mol. The number of nitrogens with one attached hydrogen (secondary N) is 1. The molecule has 0 bridgehead atoms. The van der Waals surface area contributed by atoms with Crippen molar-refractivity contribution in [3.63, 3.8) is 0 Å². The maximum atomic E-state index is 13.2. The normalized spacial score (nSPS) is 12.5. The van der Waals surface area contributed by atoms with Crippen LogP contribution in [0.5, 0.6) is 0 Å². The number of halogens is 2. The molecule has 4 heteroatoms. The summed E-state index contributed by atoms with van der Waals surface area (Å²) < 4.78 is 14.0. The van der Waals surface area contributed by atoms with Gasteiger partial charge in [-0.1, -0.05) is 40.2 Å². The lowest BCUT2D eigenvalue weighted by atomic mass is 10.1. The Morgan fingerprint density at radius 1 is 1.19 bits per heavy atom. The Kier molecular flexibility index (Phi) is 5.37. The highest BCUT2D eigenvalue weighted by atomic mass is 79.9. The van der Waals surface area contributed by atoms with Gasteiger partial charge in [0.05, 0.1) is 0 Å². The molecule has 0 aliphatic carbocycles. The Morgan fingerprint density at radius 2 is 1.90 bits per heavy atom. The molecule has 2 aromatic carbocycles. The number of benzene rings is 2. The predicted octanol–water partition coefficient (Wildman–Crippen LogP) is 4.82. The van der Waals surface area contributed by atoms with Gasteiger partial charge < -0.3 is 10.2 Å². The van der Waals surface area contributed by atoms with E-state index in [-0.39, 0.29) is 11.9 Å².